The van der Waals surface area contributed by atoms with E-state index >= 15 is 0 Å². The lowest BCUT2D eigenvalue weighted by molar-refractivity contribution is -0.126. The molecule has 0 spiro atoms. The van der Waals surface area contributed by atoms with E-state index in [4.69, 9.17) is 4.74 Å². The number of piperidine rings is 1. The fourth-order valence-corrected chi connectivity index (χ4v) is 3.57. The molecule has 1 aromatic rings. The minimum absolute atomic E-state index is 0.0128. The highest BCUT2D eigenvalue weighted by Crippen LogP contribution is 2.25. The van der Waals surface area contributed by atoms with Crippen LogP contribution in [0.5, 0.6) is 0 Å². The van der Waals surface area contributed by atoms with E-state index in [9.17, 15) is 14.4 Å². The van der Waals surface area contributed by atoms with E-state index < -0.39 is 5.97 Å². The first-order valence-corrected chi connectivity index (χ1v) is 9.35. The summed E-state index contributed by atoms with van der Waals surface area (Å²) in [6.07, 6.45) is 4.12. The van der Waals surface area contributed by atoms with E-state index in [1.54, 1.807) is 11.8 Å². The average molecular weight is 361 g/mol. The number of ether oxygens (including phenoxy) is 1. The number of carbonyl (C=O) groups excluding carboxylic acids is 3. The van der Waals surface area contributed by atoms with Crippen molar-refractivity contribution in [1.82, 2.24) is 15.2 Å². The third kappa shape index (κ3) is 3.61. The van der Waals surface area contributed by atoms with Crippen molar-refractivity contribution >= 4 is 17.8 Å². The highest BCUT2D eigenvalue weighted by Gasteiger charge is 2.33. The van der Waals surface area contributed by atoms with Gasteiger partial charge in [-0.15, -0.1) is 0 Å². The van der Waals surface area contributed by atoms with Crippen molar-refractivity contribution in [2.75, 3.05) is 20.2 Å². The third-order valence-corrected chi connectivity index (χ3v) is 5.36. The first-order chi connectivity index (χ1) is 12.5. The van der Waals surface area contributed by atoms with Crippen molar-refractivity contribution in [1.29, 1.82) is 0 Å². The summed E-state index contributed by atoms with van der Waals surface area (Å²) in [7, 11) is 1.34. The number of rotatable bonds is 5. The quantitative estimate of drug-likeness (QED) is 0.783. The van der Waals surface area contributed by atoms with Gasteiger partial charge in [0.25, 0.3) is 5.91 Å². The van der Waals surface area contributed by atoms with Gasteiger partial charge in [0.05, 0.1) is 12.7 Å². The van der Waals surface area contributed by atoms with Gasteiger partial charge < -0.3 is 19.9 Å². The number of aryl methyl sites for hydroxylation is 1. The van der Waals surface area contributed by atoms with Gasteiger partial charge in [0.15, 0.2) is 0 Å². The lowest BCUT2D eigenvalue weighted by Gasteiger charge is -2.31. The Labute approximate surface area is 153 Å². The van der Waals surface area contributed by atoms with Crippen molar-refractivity contribution in [3.8, 4) is 0 Å². The van der Waals surface area contributed by atoms with Crippen LogP contribution in [0.3, 0.4) is 0 Å². The van der Waals surface area contributed by atoms with Gasteiger partial charge in [-0.1, -0.05) is 6.92 Å². The maximum Gasteiger partial charge on any atom is 0.339 e. The molecule has 2 heterocycles. The number of H-pyrrole nitrogens is 1. The second kappa shape index (κ2) is 7.51. The molecule has 0 radical (unpaired) electrons. The SMILES string of the molecule is CCc1[nH]c(C(=O)N2CCC(C(=O)NC3CC3)CC2)c(C)c1C(=O)OC. The predicted molar refractivity (Wildman–Crippen MR) is 96.0 cm³/mol. The van der Waals surface area contributed by atoms with Crippen LogP contribution in [0.4, 0.5) is 0 Å². The predicted octanol–water partition coefficient (Wildman–Crippen LogP) is 1.80. The van der Waals surface area contributed by atoms with Crippen LogP contribution >= 0.6 is 0 Å². The zero-order valence-corrected chi connectivity index (χ0v) is 15.7. The van der Waals surface area contributed by atoms with Gasteiger partial charge in [0, 0.05) is 30.7 Å². The summed E-state index contributed by atoms with van der Waals surface area (Å²) in [5.41, 5.74) is 2.25. The van der Waals surface area contributed by atoms with Gasteiger partial charge in [-0.2, -0.15) is 0 Å². The van der Waals surface area contributed by atoms with Crippen molar-refractivity contribution in [2.45, 2.75) is 52.0 Å². The second-order valence-electron chi connectivity index (χ2n) is 7.17. The lowest BCUT2D eigenvalue weighted by atomic mass is 9.95. The van der Waals surface area contributed by atoms with E-state index in [1.165, 1.54) is 7.11 Å². The lowest BCUT2D eigenvalue weighted by Crippen LogP contribution is -2.43. The van der Waals surface area contributed by atoms with Crippen LogP contribution in [0, 0.1) is 12.8 Å². The van der Waals surface area contributed by atoms with Gasteiger partial charge in [-0.05, 0) is 44.6 Å². The number of carbonyl (C=O) groups is 3. The minimum Gasteiger partial charge on any atom is -0.465 e. The average Bonchev–Trinajstić information content (AvgIpc) is 3.41. The largest absolute Gasteiger partial charge is 0.465 e. The van der Waals surface area contributed by atoms with Crippen LogP contribution in [0.15, 0.2) is 0 Å². The maximum absolute atomic E-state index is 12.9. The minimum atomic E-state index is -0.426. The van der Waals surface area contributed by atoms with Gasteiger partial charge in [0.2, 0.25) is 5.91 Å². The monoisotopic (exact) mass is 361 g/mol. The molecule has 2 N–H and O–H groups in total. The summed E-state index contributed by atoms with van der Waals surface area (Å²) < 4.78 is 4.85. The number of nitrogens with zero attached hydrogens (tertiary/aromatic N) is 1. The molecule has 0 bridgehead atoms. The summed E-state index contributed by atoms with van der Waals surface area (Å²) in [5.74, 6) is -0.434. The molecule has 0 atom stereocenters. The number of likely N-dealkylation sites (tertiary alicyclic amines) is 1. The molecule has 26 heavy (non-hydrogen) atoms. The standard InChI is InChI=1S/C19H27N3O4/c1-4-14-15(19(25)26-3)11(2)16(21-14)18(24)22-9-7-12(8-10-22)17(23)20-13-5-6-13/h12-13,21H,4-10H2,1-3H3,(H,20,23). The highest BCUT2D eigenvalue weighted by atomic mass is 16.5. The van der Waals surface area contributed by atoms with Crippen molar-refractivity contribution < 1.29 is 19.1 Å². The first kappa shape index (κ1) is 18.5. The van der Waals surface area contributed by atoms with Crippen molar-refractivity contribution in [3.05, 3.63) is 22.5 Å². The summed E-state index contributed by atoms with van der Waals surface area (Å²) >= 11 is 0. The summed E-state index contributed by atoms with van der Waals surface area (Å²) in [6, 6.07) is 0.368. The normalized spacial score (nSPS) is 17.9. The molecule has 142 valence electrons. The van der Waals surface area contributed by atoms with E-state index in [0.717, 1.165) is 18.5 Å². The second-order valence-corrected chi connectivity index (χ2v) is 7.17. The van der Waals surface area contributed by atoms with Crippen LogP contribution in [-0.4, -0.2) is 53.9 Å². The number of nitrogens with one attached hydrogen (secondary N) is 2. The number of aromatic amines is 1. The highest BCUT2D eigenvalue weighted by molar-refractivity contribution is 6.00. The summed E-state index contributed by atoms with van der Waals surface area (Å²) in [6.45, 7) is 4.80. The Hall–Kier alpha value is -2.31. The Kier molecular flexibility index (Phi) is 5.34. The number of hydrogen-bond donors (Lipinski definition) is 2. The molecule has 1 saturated heterocycles. The zero-order chi connectivity index (χ0) is 18.8. The first-order valence-electron chi connectivity index (χ1n) is 9.35. The molecule has 1 saturated carbocycles. The molecule has 0 aromatic carbocycles. The molecular weight excluding hydrogens is 334 g/mol. The van der Waals surface area contributed by atoms with E-state index in [0.29, 0.717) is 55.2 Å². The molecule has 2 aliphatic rings. The molecule has 1 aromatic heterocycles. The van der Waals surface area contributed by atoms with Crippen molar-refractivity contribution in [3.63, 3.8) is 0 Å². The van der Waals surface area contributed by atoms with Crippen LogP contribution in [0.1, 0.15) is 64.7 Å². The number of aromatic nitrogens is 1. The van der Waals surface area contributed by atoms with Crippen LogP contribution in [0.2, 0.25) is 0 Å². The summed E-state index contributed by atoms with van der Waals surface area (Å²) in [4.78, 5) is 42.0. The Morgan fingerprint density at radius 2 is 1.85 bits per heavy atom. The van der Waals surface area contributed by atoms with Gasteiger partial charge in [0.1, 0.15) is 5.69 Å². The zero-order valence-electron chi connectivity index (χ0n) is 15.7. The number of methoxy groups -OCH3 is 1. The number of amides is 2. The molecule has 0 unspecified atom stereocenters. The van der Waals surface area contributed by atoms with Crippen LogP contribution < -0.4 is 5.32 Å². The van der Waals surface area contributed by atoms with E-state index in [1.807, 2.05) is 6.92 Å². The van der Waals surface area contributed by atoms with Gasteiger partial charge >= 0.3 is 5.97 Å². The smallest absolute Gasteiger partial charge is 0.339 e. The third-order valence-electron chi connectivity index (χ3n) is 5.36. The molecule has 2 amide bonds. The Morgan fingerprint density at radius 1 is 1.19 bits per heavy atom. The Morgan fingerprint density at radius 3 is 2.38 bits per heavy atom. The fourth-order valence-electron chi connectivity index (χ4n) is 3.57. The Bertz CT molecular complexity index is 713. The molecule has 7 nitrogen and oxygen atoms in total. The molecule has 3 rings (SSSR count). The van der Waals surface area contributed by atoms with E-state index in [2.05, 4.69) is 10.3 Å². The molecule has 7 heteroatoms. The molecular formula is C19H27N3O4. The van der Waals surface area contributed by atoms with Crippen molar-refractivity contribution in [2.24, 2.45) is 5.92 Å². The molecule has 1 aliphatic carbocycles. The number of esters is 1. The summed E-state index contributed by atoms with van der Waals surface area (Å²) in [5, 5.41) is 3.05. The topological polar surface area (TPSA) is 91.5 Å². The molecule has 2 fully saturated rings. The maximum atomic E-state index is 12.9. The Balaban J connectivity index is 1.67. The van der Waals surface area contributed by atoms with Crippen LogP contribution in [-0.2, 0) is 16.0 Å². The van der Waals surface area contributed by atoms with Crippen LogP contribution in [0.25, 0.3) is 0 Å². The van der Waals surface area contributed by atoms with Gasteiger partial charge in [-0.25, -0.2) is 4.79 Å². The van der Waals surface area contributed by atoms with Gasteiger partial charge in [-0.3, -0.25) is 9.59 Å². The number of hydrogen-bond acceptors (Lipinski definition) is 4. The fraction of sp³-hybridized carbons (Fsp3) is 0.632. The van der Waals surface area contributed by atoms with E-state index in [-0.39, 0.29) is 17.7 Å². The molecule has 1 aliphatic heterocycles.